The summed E-state index contributed by atoms with van der Waals surface area (Å²) in [5, 5.41) is 0. The maximum atomic E-state index is 12.3. The van der Waals surface area contributed by atoms with E-state index in [1.54, 1.807) is 4.90 Å². The van der Waals surface area contributed by atoms with Crippen LogP contribution in [-0.4, -0.2) is 62.3 Å². The first-order valence-corrected chi connectivity index (χ1v) is 10.8. The van der Waals surface area contributed by atoms with Gasteiger partial charge < -0.3 is 19.3 Å². The third kappa shape index (κ3) is 8.61. The van der Waals surface area contributed by atoms with E-state index in [0.717, 1.165) is 44.3 Å². The van der Waals surface area contributed by atoms with E-state index < -0.39 is 0 Å². The molecule has 0 aromatic heterocycles. The van der Waals surface area contributed by atoms with Crippen molar-refractivity contribution in [2.75, 3.05) is 34.3 Å². The van der Waals surface area contributed by atoms with E-state index in [4.69, 9.17) is 9.47 Å². The number of benzene rings is 1. The molecule has 1 amide bonds. The van der Waals surface area contributed by atoms with Crippen LogP contribution in [-0.2, 0) is 16.1 Å². The predicted octanol–water partition coefficient (Wildman–Crippen LogP) is 4.70. The average Bonchev–Trinajstić information content (AvgIpc) is 2.71. The standard InChI is InChI=1S/C23H38N2O3/c1-24(2)17-9-4-5-10-18-27-22-15-13-21(14-16-22)25(3)23(26)28-19-20-11-7-6-8-12-20/h6-8,11-12,21-22H,4-5,9-10,13-19H2,1-3H3/t21-,22-. The molecule has 0 unspecified atom stereocenters. The summed E-state index contributed by atoms with van der Waals surface area (Å²) in [6, 6.07) is 10.1. The zero-order chi connectivity index (χ0) is 20.2. The molecule has 0 atom stereocenters. The van der Waals surface area contributed by atoms with Crippen molar-refractivity contribution in [1.29, 1.82) is 0 Å². The molecule has 0 bridgehead atoms. The van der Waals surface area contributed by atoms with Crippen molar-refractivity contribution in [1.82, 2.24) is 9.80 Å². The summed E-state index contributed by atoms with van der Waals surface area (Å²) in [5.41, 5.74) is 1.02. The summed E-state index contributed by atoms with van der Waals surface area (Å²) in [7, 11) is 6.10. The first kappa shape index (κ1) is 22.7. The van der Waals surface area contributed by atoms with Gasteiger partial charge in [-0.25, -0.2) is 4.79 Å². The Morgan fingerprint density at radius 1 is 0.964 bits per heavy atom. The van der Waals surface area contributed by atoms with Gasteiger partial charge in [-0.05, 0) is 64.7 Å². The molecule has 1 saturated carbocycles. The molecule has 1 aliphatic rings. The van der Waals surface area contributed by atoms with Gasteiger partial charge in [-0.15, -0.1) is 0 Å². The van der Waals surface area contributed by atoms with Gasteiger partial charge >= 0.3 is 6.09 Å². The second-order valence-electron chi connectivity index (χ2n) is 8.17. The van der Waals surface area contributed by atoms with Crippen molar-refractivity contribution in [3.63, 3.8) is 0 Å². The molecule has 1 fully saturated rings. The highest BCUT2D eigenvalue weighted by atomic mass is 16.6. The molecular weight excluding hydrogens is 352 g/mol. The molecule has 0 radical (unpaired) electrons. The van der Waals surface area contributed by atoms with Crippen molar-refractivity contribution >= 4 is 6.09 Å². The topological polar surface area (TPSA) is 42.0 Å². The lowest BCUT2D eigenvalue weighted by molar-refractivity contribution is 0.00693. The number of ether oxygens (including phenoxy) is 2. The van der Waals surface area contributed by atoms with E-state index in [1.165, 1.54) is 25.8 Å². The Morgan fingerprint density at radius 3 is 2.32 bits per heavy atom. The average molecular weight is 391 g/mol. The van der Waals surface area contributed by atoms with Crippen LogP contribution in [0.2, 0.25) is 0 Å². The van der Waals surface area contributed by atoms with Gasteiger partial charge in [0.1, 0.15) is 6.61 Å². The lowest BCUT2D eigenvalue weighted by Gasteiger charge is -2.34. The molecule has 0 spiro atoms. The van der Waals surface area contributed by atoms with Gasteiger partial charge in [-0.1, -0.05) is 43.2 Å². The second kappa shape index (κ2) is 12.8. The van der Waals surface area contributed by atoms with Gasteiger partial charge in [0.05, 0.1) is 6.10 Å². The highest BCUT2D eigenvalue weighted by Crippen LogP contribution is 2.25. The minimum atomic E-state index is -0.231. The summed E-state index contributed by atoms with van der Waals surface area (Å²) in [6.07, 6.45) is 9.11. The molecule has 2 rings (SSSR count). The van der Waals surface area contributed by atoms with Crippen LogP contribution in [0.5, 0.6) is 0 Å². The molecule has 0 N–H and O–H groups in total. The van der Waals surface area contributed by atoms with Crippen molar-refractivity contribution in [2.45, 2.75) is 70.1 Å². The largest absolute Gasteiger partial charge is 0.445 e. The zero-order valence-electron chi connectivity index (χ0n) is 17.9. The quantitative estimate of drug-likeness (QED) is 0.514. The summed E-state index contributed by atoms with van der Waals surface area (Å²) in [4.78, 5) is 16.3. The number of amides is 1. The van der Waals surface area contributed by atoms with Crippen LogP contribution >= 0.6 is 0 Å². The zero-order valence-corrected chi connectivity index (χ0v) is 17.9. The molecule has 158 valence electrons. The SMILES string of the molecule is CN(C)CCCCCCO[C@H]1CC[C@H](N(C)C(=O)OCc2ccccc2)CC1. The summed E-state index contributed by atoms with van der Waals surface area (Å²) < 4.78 is 11.5. The molecular formula is C23H38N2O3. The highest BCUT2D eigenvalue weighted by molar-refractivity contribution is 5.67. The van der Waals surface area contributed by atoms with Crippen LogP contribution in [0.1, 0.15) is 56.9 Å². The monoisotopic (exact) mass is 390 g/mol. The van der Waals surface area contributed by atoms with E-state index in [9.17, 15) is 4.79 Å². The van der Waals surface area contributed by atoms with Crippen LogP contribution in [0.4, 0.5) is 4.79 Å². The van der Waals surface area contributed by atoms with E-state index in [0.29, 0.717) is 12.7 Å². The third-order valence-electron chi connectivity index (χ3n) is 5.54. The first-order valence-electron chi connectivity index (χ1n) is 10.8. The maximum Gasteiger partial charge on any atom is 0.410 e. The number of hydrogen-bond acceptors (Lipinski definition) is 4. The second-order valence-corrected chi connectivity index (χ2v) is 8.17. The molecule has 5 nitrogen and oxygen atoms in total. The van der Waals surface area contributed by atoms with Crippen LogP contribution < -0.4 is 0 Å². The number of unbranched alkanes of at least 4 members (excludes halogenated alkanes) is 3. The van der Waals surface area contributed by atoms with Crippen LogP contribution in [0, 0.1) is 0 Å². The Kier molecular flexibility index (Phi) is 10.4. The number of nitrogens with zero attached hydrogens (tertiary/aromatic N) is 2. The van der Waals surface area contributed by atoms with E-state index in [2.05, 4.69) is 19.0 Å². The molecule has 1 aliphatic carbocycles. The van der Waals surface area contributed by atoms with Gasteiger partial charge in [-0.3, -0.25) is 0 Å². The lowest BCUT2D eigenvalue weighted by Crippen LogP contribution is -2.41. The lowest BCUT2D eigenvalue weighted by atomic mass is 9.92. The first-order chi connectivity index (χ1) is 13.6. The van der Waals surface area contributed by atoms with Gasteiger partial charge in [0.15, 0.2) is 0 Å². The fourth-order valence-corrected chi connectivity index (χ4v) is 3.70. The Hall–Kier alpha value is -1.59. The Labute approximate surface area is 171 Å². The van der Waals surface area contributed by atoms with Gasteiger partial charge in [0, 0.05) is 19.7 Å². The number of hydrogen-bond donors (Lipinski definition) is 0. The van der Waals surface area contributed by atoms with Gasteiger partial charge in [-0.2, -0.15) is 0 Å². The molecule has 0 heterocycles. The minimum Gasteiger partial charge on any atom is -0.445 e. The predicted molar refractivity (Wildman–Crippen MR) is 113 cm³/mol. The Balaban J connectivity index is 1.55. The fourth-order valence-electron chi connectivity index (χ4n) is 3.70. The minimum absolute atomic E-state index is 0.231. The molecule has 5 heteroatoms. The Morgan fingerprint density at radius 2 is 1.64 bits per heavy atom. The summed E-state index contributed by atoms with van der Waals surface area (Å²) in [5.74, 6) is 0. The molecule has 28 heavy (non-hydrogen) atoms. The van der Waals surface area contributed by atoms with Crippen molar-refractivity contribution < 1.29 is 14.3 Å². The van der Waals surface area contributed by atoms with Gasteiger partial charge in [0.25, 0.3) is 0 Å². The molecule has 0 saturated heterocycles. The third-order valence-corrected chi connectivity index (χ3v) is 5.54. The molecule has 1 aromatic rings. The van der Waals surface area contributed by atoms with Gasteiger partial charge in [0.2, 0.25) is 0 Å². The maximum absolute atomic E-state index is 12.3. The number of carbonyl (C=O) groups is 1. The van der Waals surface area contributed by atoms with E-state index in [1.807, 2.05) is 37.4 Å². The normalized spacial score (nSPS) is 19.6. The van der Waals surface area contributed by atoms with Crippen molar-refractivity contribution in [3.8, 4) is 0 Å². The van der Waals surface area contributed by atoms with Crippen LogP contribution in [0.3, 0.4) is 0 Å². The summed E-state index contributed by atoms with van der Waals surface area (Å²) >= 11 is 0. The molecule has 1 aromatic carbocycles. The smallest absolute Gasteiger partial charge is 0.410 e. The highest BCUT2D eigenvalue weighted by Gasteiger charge is 2.27. The fraction of sp³-hybridized carbons (Fsp3) is 0.696. The molecule has 0 aliphatic heterocycles. The Bertz CT molecular complexity index is 542. The van der Waals surface area contributed by atoms with E-state index in [-0.39, 0.29) is 12.1 Å². The van der Waals surface area contributed by atoms with Crippen LogP contribution in [0.15, 0.2) is 30.3 Å². The summed E-state index contributed by atoms with van der Waals surface area (Å²) in [6.45, 7) is 2.37. The van der Waals surface area contributed by atoms with Crippen molar-refractivity contribution in [3.05, 3.63) is 35.9 Å². The van der Waals surface area contributed by atoms with E-state index >= 15 is 0 Å². The van der Waals surface area contributed by atoms with Crippen molar-refractivity contribution in [2.24, 2.45) is 0 Å². The number of rotatable bonds is 11. The van der Waals surface area contributed by atoms with Crippen LogP contribution in [0.25, 0.3) is 0 Å². The number of carbonyl (C=O) groups excluding carboxylic acids is 1.